The van der Waals surface area contributed by atoms with Crippen LogP contribution in [-0.2, 0) is 24.6 Å². The molecule has 2 aliphatic rings. The van der Waals surface area contributed by atoms with Gasteiger partial charge in [0.15, 0.2) is 5.60 Å². The van der Waals surface area contributed by atoms with Crippen LogP contribution >= 0.6 is 35.0 Å². The second kappa shape index (κ2) is 11.1. The fourth-order valence-electron chi connectivity index (χ4n) is 5.25. The maximum Gasteiger partial charge on any atom is 0.420 e. The number of hydrogen-bond donors (Lipinski definition) is 0. The van der Waals surface area contributed by atoms with E-state index >= 15 is 0 Å². The summed E-state index contributed by atoms with van der Waals surface area (Å²) in [7, 11) is 0. The minimum absolute atomic E-state index is 0.0664. The number of hydrogen-bond acceptors (Lipinski definition) is 6. The van der Waals surface area contributed by atoms with Gasteiger partial charge in [-0.25, -0.2) is 14.5 Å². The summed E-state index contributed by atoms with van der Waals surface area (Å²) in [5, 5.41) is -0.509. The average molecular weight is 661 g/mol. The van der Waals surface area contributed by atoms with Gasteiger partial charge < -0.3 is 14.2 Å². The molecule has 3 unspecified atom stereocenters. The number of thioether (sulfide) groups is 1. The summed E-state index contributed by atoms with van der Waals surface area (Å²) in [6, 6.07) is 9.69. The van der Waals surface area contributed by atoms with E-state index in [1.807, 2.05) is 0 Å². The van der Waals surface area contributed by atoms with Crippen LogP contribution in [0.4, 0.5) is 22.8 Å². The maximum absolute atomic E-state index is 14.9. The highest BCUT2D eigenvalue weighted by molar-refractivity contribution is 8.01. The van der Waals surface area contributed by atoms with E-state index in [0.29, 0.717) is 11.1 Å². The second-order valence-corrected chi connectivity index (χ2v) is 15.0. The second-order valence-electron chi connectivity index (χ2n) is 12.7. The van der Waals surface area contributed by atoms with Crippen molar-refractivity contribution < 1.29 is 37.0 Å². The first kappa shape index (κ1) is 33.3. The number of fused-ring (bicyclic) bond motifs is 1. The Kier molecular flexibility index (Phi) is 8.61. The SMILES string of the molecule is C=C1OC2(c3ccc([C@H](C)N(C(=O)OC(C)(C)C)C(=O)OC(C)(C)C)cc3)CC(c3cc(Cl)cc(Cl)c3)(C(F)(F)F)SC12. The summed E-state index contributed by atoms with van der Waals surface area (Å²) in [4.78, 5) is 27.1. The Morgan fingerprint density at radius 1 is 0.953 bits per heavy atom. The molecule has 234 valence electrons. The van der Waals surface area contributed by atoms with Gasteiger partial charge in [-0.2, -0.15) is 13.2 Å². The van der Waals surface area contributed by atoms with E-state index in [4.69, 9.17) is 37.4 Å². The minimum Gasteiger partial charge on any atom is -0.484 e. The van der Waals surface area contributed by atoms with Crippen molar-refractivity contribution in [2.75, 3.05) is 0 Å². The van der Waals surface area contributed by atoms with E-state index in [2.05, 4.69) is 6.58 Å². The normalized spacial score (nSPS) is 24.4. The van der Waals surface area contributed by atoms with Crippen LogP contribution in [0.2, 0.25) is 10.0 Å². The topological polar surface area (TPSA) is 65.1 Å². The quantitative estimate of drug-likeness (QED) is 0.325. The van der Waals surface area contributed by atoms with Crippen LogP contribution in [0.5, 0.6) is 0 Å². The summed E-state index contributed by atoms with van der Waals surface area (Å²) in [5.41, 5.74) is -2.13. The number of amides is 2. The Balaban J connectivity index is 1.70. The predicted octanol–water partition coefficient (Wildman–Crippen LogP) is 9.93. The molecular weight excluding hydrogens is 626 g/mol. The summed E-state index contributed by atoms with van der Waals surface area (Å²) < 4.78 is 59.3. The van der Waals surface area contributed by atoms with Gasteiger partial charge in [-0.15, -0.1) is 11.8 Å². The molecule has 2 heterocycles. The van der Waals surface area contributed by atoms with Gasteiger partial charge in [-0.1, -0.05) is 54.0 Å². The van der Waals surface area contributed by atoms with Gasteiger partial charge in [0, 0.05) is 16.5 Å². The van der Waals surface area contributed by atoms with Crippen molar-refractivity contribution >= 4 is 47.2 Å². The molecule has 2 amide bonds. The number of benzene rings is 2. The number of halogens is 5. The van der Waals surface area contributed by atoms with Gasteiger partial charge in [0.1, 0.15) is 27.0 Å². The molecule has 0 bridgehead atoms. The first-order valence-corrected chi connectivity index (χ1v) is 15.2. The highest BCUT2D eigenvalue weighted by atomic mass is 35.5. The summed E-state index contributed by atoms with van der Waals surface area (Å²) in [6.07, 6.45) is -6.89. The smallest absolute Gasteiger partial charge is 0.420 e. The number of alkyl halides is 3. The average Bonchev–Trinajstić information content (AvgIpc) is 3.12. The van der Waals surface area contributed by atoms with Gasteiger partial charge >= 0.3 is 18.4 Å². The number of carbonyl (C=O) groups is 2. The summed E-state index contributed by atoms with van der Waals surface area (Å²) >= 11 is 13.0. The highest BCUT2D eigenvalue weighted by Gasteiger charge is 2.73. The van der Waals surface area contributed by atoms with Crippen LogP contribution in [0, 0.1) is 0 Å². The molecule has 0 aliphatic carbocycles. The van der Waals surface area contributed by atoms with Crippen molar-refractivity contribution in [3.63, 3.8) is 0 Å². The fraction of sp³-hybridized carbons (Fsp3) is 0.484. The molecule has 2 fully saturated rings. The van der Waals surface area contributed by atoms with Gasteiger partial charge in [0.2, 0.25) is 0 Å². The van der Waals surface area contributed by atoms with Crippen LogP contribution in [-0.4, -0.2) is 39.7 Å². The van der Waals surface area contributed by atoms with Gasteiger partial charge in [0.05, 0.1) is 6.04 Å². The monoisotopic (exact) mass is 659 g/mol. The Labute approximate surface area is 263 Å². The zero-order valence-corrected chi connectivity index (χ0v) is 27.2. The Morgan fingerprint density at radius 2 is 1.44 bits per heavy atom. The molecule has 0 spiro atoms. The van der Waals surface area contributed by atoms with Crippen LogP contribution < -0.4 is 0 Å². The number of carbonyl (C=O) groups excluding carboxylic acids is 2. The highest BCUT2D eigenvalue weighted by Crippen LogP contribution is 2.71. The lowest BCUT2D eigenvalue weighted by atomic mass is 9.75. The molecule has 6 nitrogen and oxygen atoms in total. The van der Waals surface area contributed by atoms with Gasteiger partial charge in [-0.3, -0.25) is 0 Å². The van der Waals surface area contributed by atoms with E-state index in [1.54, 1.807) is 72.7 Å². The first-order chi connectivity index (χ1) is 19.6. The molecule has 2 aliphatic heterocycles. The van der Waals surface area contributed by atoms with E-state index in [9.17, 15) is 22.8 Å². The maximum atomic E-state index is 14.9. The lowest BCUT2D eigenvalue weighted by molar-refractivity contribution is -0.180. The molecule has 0 aromatic heterocycles. The molecule has 0 saturated carbocycles. The zero-order valence-electron chi connectivity index (χ0n) is 24.9. The molecule has 12 heteroatoms. The third-order valence-corrected chi connectivity index (χ3v) is 9.43. The largest absolute Gasteiger partial charge is 0.484 e. The Bertz CT molecular complexity index is 1390. The van der Waals surface area contributed by atoms with E-state index in [0.717, 1.165) is 16.7 Å². The van der Waals surface area contributed by atoms with Crippen LogP contribution in [0.15, 0.2) is 54.8 Å². The van der Waals surface area contributed by atoms with Crippen molar-refractivity contribution in [2.45, 2.75) is 93.9 Å². The van der Waals surface area contributed by atoms with Crippen molar-refractivity contribution in [2.24, 2.45) is 0 Å². The fourth-order valence-corrected chi connectivity index (χ4v) is 7.50. The minimum atomic E-state index is -4.67. The molecule has 2 aromatic rings. The number of rotatable bonds is 4. The molecular formula is C31H34Cl2F3NO5S. The molecule has 4 atom stereocenters. The van der Waals surface area contributed by atoms with Crippen LogP contribution in [0.3, 0.4) is 0 Å². The number of imide groups is 1. The van der Waals surface area contributed by atoms with Crippen LogP contribution in [0.25, 0.3) is 0 Å². The van der Waals surface area contributed by atoms with Gasteiger partial charge in [-0.05, 0) is 83.4 Å². The van der Waals surface area contributed by atoms with E-state index in [1.165, 1.54) is 18.2 Å². The van der Waals surface area contributed by atoms with E-state index < -0.39 is 57.6 Å². The summed E-state index contributed by atoms with van der Waals surface area (Å²) in [6.45, 7) is 15.5. The number of ether oxygens (including phenoxy) is 3. The predicted molar refractivity (Wildman–Crippen MR) is 161 cm³/mol. The third-order valence-electron chi connectivity index (χ3n) is 7.10. The molecule has 2 saturated heterocycles. The van der Waals surface area contributed by atoms with Crippen molar-refractivity contribution in [3.8, 4) is 0 Å². The number of nitrogens with zero attached hydrogens (tertiary/aromatic N) is 1. The standard InChI is InChI=1S/C31H34Cl2F3NO5S/c1-17(37(25(38)41-27(3,4)5)26(39)42-28(6,7)8)19-9-11-20(12-10-19)29-16-30(31(34,35)36,43-24(29)18(2)40-29)21-13-22(32)15-23(33)14-21/h9-15,17,24H,2,16H2,1,3-8H3/t17-,24?,29?,30?/m0/s1. The first-order valence-electron chi connectivity index (χ1n) is 13.5. The summed E-state index contributed by atoms with van der Waals surface area (Å²) in [5.74, 6) is 0.239. The Morgan fingerprint density at radius 3 is 1.86 bits per heavy atom. The van der Waals surface area contributed by atoms with Crippen molar-refractivity contribution in [1.82, 2.24) is 4.90 Å². The third kappa shape index (κ3) is 6.47. The zero-order chi connectivity index (χ0) is 32.3. The molecule has 0 N–H and O–H groups in total. The van der Waals surface area contributed by atoms with E-state index in [-0.39, 0.29) is 21.4 Å². The molecule has 2 aromatic carbocycles. The molecule has 0 radical (unpaired) electrons. The van der Waals surface area contributed by atoms with Crippen LogP contribution in [0.1, 0.15) is 77.6 Å². The molecule has 43 heavy (non-hydrogen) atoms. The molecule has 4 rings (SSSR count). The Hall–Kier alpha value is -2.56. The van der Waals surface area contributed by atoms with Crippen molar-refractivity contribution in [3.05, 3.63) is 81.5 Å². The lowest BCUT2D eigenvalue weighted by Crippen LogP contribution is -2.49. The lowest BCUT2D eigenvalue weighted by Gasteiger charge is -2.46. The van der Waals surface area contributed by atoms with Crippen molar-refractivity contribution in [1.29, 1.82) is 0 Å². The van der Waals surface area contributed by atoms with Gasteiger partial charge in [0.25, 0.3) is 0 Å².